The Hall–Kier alpha value is -1.51. The summed E-state index contributed by atoms with van der Waals surface area (Å²) in [5.74, 6) is 0.895. The summed E-state index contributed by atoms with van der Waals surface area (Å²) in [5, 5.41) is 6.58. The first-order valence-electron chi connectivity index (χ1n) is 8.29. The molecule has 0 bridgehead atoms. The van der Waals surface area contributed by atoms with Gasteiger partial charge in [0, 0.05) is 18.3 Å². The highest BCUT2D eigenvalue weighted by Crippen LogP contribution is 2.34. The van der Waals surface area contributed by atoms with Crippen LogP contribution in [0, 0.1) is 12.8 Å². The summed E-state index contributed by atoms with van der Waals surface area (Å²) in [4.78, 5) is 12.6. The fourth-order valence-corrected chi connectivity index (χ4v) is 2.61. The second-order valence-corrected chi connectivity index (χ2v) is 6.23. The van der Waals surface area contributed by atoms with Crippen molar-refractivity contribution < 1.29 is 4.79 Å². The number of hydrogen-bond acceptors (Lipinski definition) is 2. The number of nitrogens with one attached hydrogen (secondary N) is 2. The number of rotatable bonds is 8. The standard InChI is InChI=1S/C18H28N2O/c1-4-10-19-17-11-13(3)6-9-16(17)18(21)20-15(5-2)12-14-7-8-14/h6,9,11,14-15,19H,4-5,7-8,10,12H2,1-3H3,(H,20,21). The molecule has 1 aromatic rings. The Bertz CT molecular complexity index is 480. The summed E-state index contributed by atoms with van der Waals surface area (Å²) >= 11 is 0. The SMILES string of the molecule is CCCNc1cc(C)ccc1C(=O)NC(CC)CC1CC1. The third-order valence-corrected chi connectivity index (χ3v) is 4.13. The number of carbonyl (C=O) groups excluding carboxylic acids is 1. The van der Waals surface area contributed by atoms with Gasteiger partial charge in [0.05, 0.1) is 5.56 Å². The van der Waals surface area contributed by atoms with E-state index in [-0.39, 0.29) is 5.91 Å². The molecule has 0 heterocycles. The van der Waals surface area contributed by atoms with Gasteiger partial charge in [-0.05, 0) is 49.8 Å². The van der Waals surface area contributed by atoms with Gasteiger partial charge in [0.25, 0.3) is 5.91 Å². The van der Waals surface area contributed by atoms with E-state index >= 15 is 0 Å². The fourth-order valence-electron chi connectivity index (χ4n) is 2.61. The van der Waals surface area contributed by atoms with E-state index in [9.17, 15) is 4.79 Å². The molecule has 1 aromatic carbocycles. The molecule has 2 N–H and O–H groups in total. The molecule has 0 aromatic heterocycles. The van der Waals surface area contributed by atoms with Crippen molar-refractivity contribution in [1.29, 1.82) is 0 Å². The van der Waals surface area contributed by atoms with Crippen LogP contribution in [0.4, 0.5) is 5.69 Å². The van der Waals surface area contributed by atoms with Crippen LogP contribution in [0.1, 0.15) is 61.9 Å². The summed E-state index contributed by atoms with van der Waals surface area (Å²) in [7, 11) is 0. The Labute approximate surface area is 128 Å². The third-order valence-electron chi connectivity index (χ3n) is 4.13. The maximum atomic E-state index is 12.6. The first-order valence-corrected chi connectivity index (χ1v) is 8.29. The van der Waals surface area contributed by atoms with Gasteiger partial charge in [-0.2, -0.15) is 0 Å². The van der Waals surface area contributed by atoms with Gasteiger partial charge in [-0.15, -0.1) is 0 Å². The molecule has 0 spiro atoms. The molecule has 1 amide bonds. The van der Waals surface area contributed by atoms with Crippen LogP contribution in [0.3, 0.4) is 0 Å². The van der Waals surface area contributed by atoms with Crippen LogP contribution in [0.5, 0.6) is 0 Å². The number of anilines is 1. The van der Waals surface area contributed by atoms with E-state index in [0.29, 0.717) is 6.04 Å². The van der Waals surface area contributed by atoms with Gasteiger partial charge in [0.2, 0.25) is 0 Å². The number of carbonyl (C=O) groups is 1. The lowest BCUT2D eigenvalue weighted by Crippen LogP contribution is -2.35. The molecular formula is C18H28N2O. The Morgan fingerprint density at radius 2 is 2.10 bits per heavy atom. The van der Waals surface area contributed by atoms with Gasteiger partial charge in [-0.25, -0.2) is 0 Å². The summed E-state index contributed by atoms with van der Waals surface area (Å²) in [6.45, 7) is 7.23. The predicted octanol–water partition coefficient (Wildman–Crippen LogP) is 4.13. The lowest BCUT2D eigenvalue weighted by molar-refractivity contribution is 0.0933. The smallest absolute Gasteiger partial charge is 0.253 e. The molecule has 3 heteroatoms. The van der Waals surface area contributed by atoms with E-state index in [4.69, 9.17) is 0 Å². The highest BCUT2D eigenvalue weighted by Gasteiger charge is 2.26. The van der Waals surface area contributed by atoms with Crippen molar-refractivity contribution in [3.8, 4) is 0 Å². The molecule has 1 aliphatic rings. The van der Waals surface area contributed by atoms with Gasteiger partial charge in [0.15, 0.2) is 0 Å². The van der Waals surface area contributed by atoms with Gasteiger partial charge >= 0.3 is 0 Å². The predicted molar refractivity (Wildman–Crippen MR) is 88.8 cm³/mol. The van der Waals surface area contributed by atoms with E-state index in [1.165, 1.54) is 18.4 Å². The average molecular weight is 288 g/mol. The summed E-state index contributed by atoms with van der Waals surface area (Å²) in [6.07, 6.45) is 5.85. The zero-order valence-corrected chi connectivity index (χ0v) is 13.5. The van der Waals surface area contributed by atoms with Crippen LogP contribution in [-0.4, -0.2) is 18.5 Å². The highest BCUT2D eigenvalue weighted by atomic mass is 16.1. The van der Waals surface area contributed by atoms with E-state index < -0.39 is 0 Å². The quantitative estimate of drug-likeness (QED) is 0.755. The van der Waals surface area contributed by atoms with Crippen molar-refractivity contribution in [3.63, 3.8) is 0 Å². The molecule has 21 heavy (non-hydrogen) atoms. The topological polar surface area (TPSA) is 41.1 Å². The largest absolute Gasteiger partial charge is 0.384 e. The second kappa shape index (κ2) is 7.48. The maximum absolute atomic E-state index is 12.6. The molecule has 1 saturated carbocycles. The van der Waals surface area contributed by atoms with Crippen molar-refractivity contribution in [2.45, 2.75) is 58.9 Å². The molecule has 1 atom stereocenters. The molecule has 0 radical (unpaired) electrons. The van der Waals surface area contributed by atoms with Crippen LogP contribution in [0.2, 0.25) is 0 Å². The normalized spacial score (nSPS) is 15.6. The van der Waals surface area contributed by atoms with E-state index in [0.717, 1.165) is 43.0 Å². The molecule has 1 unspecified atom stereocenters. The Kier molecular flexibility index (Phi) is 5.66. The van der Waals surface area contributed by atoms with E-state index in [1.54, 1.807) is 0 Å². The van der Waals surface area contributed by atoms with Crippen molar-refractivity contribution in [2.24, 2.45) is 5.92 Å². The average Bonchev–Trinajstić information content (AvgIpc) is 3.28. The summed E-state index contributed by atoms with van der Waals surface area (Å²) in [6, 6.07) is 6.32. The maximum Gasteiger partial charge on any atom is 0.253 e. The van der Waals surface area contributed by atoms with Gasteiger partial charge in [-0.1, -0.05) is 32.8 Å². The van der Waals surface area contributed by atoms with Crippen molar-refractivity contribution in [1.82, 2.24) is 5.32 Å². The lowest BCUT2D eigenvalue weighted by atomic mass is 10.1. The van der Waals surface area contributed by atoms with E-state index in [1.807, 2.05) is 12.1 Å². The minimum absolute atomic E-state index is 0.0566. The lowest BCUT2D eigenvalue weighted by Gasteiger charge is -2.18. The van der Waals surface area contributed by atoms with Crippen molar-refractivity contribution in [2.75, 3.05) is 11.9 Å². The first kappa shape index (κ1) is 15.9. The summed E-state index contributed by atoms with van der Waals surface area (Å²) in [5.41, 5.74) is 2.90. The van der Waals surface area contributed by atoms with Crippen LogP contribution in [0.15, 0.2) is 18.2 Å². The molecule has 3 nitrogen and oxygen atoms in total. The molecule has 0 aliphatic heterocycles. The molecular weight excluding hydrogens is 260 g/mol. The molecule has 0 saturated heterocycles. The second-order valence-electron chi connectivity index (χ2n) is 6.23. The van der Waals surface area contributed by atoms with Crippen LogP contribution in [0.25, 0.3) is 0 Å². The van der Waals surface area contributed by atoms with Gasteiger partial charge in [0.1, 0.15) is 0 Å². The number of aryl methyl sites for hydroxylation is 1. The van der Waals surface area contributed by atoms with Crippen molar-refractivity contribution in [3.05, 3.63) is 29.3 Å². The summed E-state index contributed by atoms with van der Waals surface area (Å²) < 4.78 is 0. The number of amides is 1. The minimum Gasteiger partial charge on any atom is -0.384 e. The first-order chi connectivity index (χ1) is 10.1. The molecule has 2 rings (SSSR count). The van der Waals surface area contributed by atoms with Gasteiger partial charge < -0.3 is 10.6 Å². The van der Waals surface area contributed by atoms with E-state index in [2.05, 4.69) is 37.5 Å². The number of benzene rings is 1. The number of hydrogen-bond donors (Lipinski definition) is 2. The van der Waals surface area contributed by atoms with Crippen LogP contribution < -0.4 is 10.6 Å². The van der Waals surface area contributed by atoms with Crippen molar-refractivity contribution >= 4 is 11.6 Å². The highest BCUT2D eigenvalue weighted by molar-refractivity contribution is 5.99. The molecule has 116 valence electrons. The Balaban J connectivity index is 2.05. The zero-order valence-electron chi connectivity index (χ0n) is 13.5. The third kappa shape index (κ3) is 4.76. The van der Waals surface area contributed by atoms with Crippen LogP contribution in [-0.2, 0) is 0 Å². The molecule has 1 fully saturated rings. The monoisotopic (exact) mass is 288 g/mol. The molecule has 1 aliphatic carbocycles. The Morgan fingerprint density at radius 1 is 1.33 bits per heavy atom. The fraction of sp³-hybridized carbons (Fsp3) is 0.611. The zero-order chi connectivity index (χ0) is 15.2. The minimum atomic E-state index is 0.0566. The van der Waals surface area contributed by atoms with Gasteiger partial charge in [-0.3, -0.25) is 4.79 Å². The Morgan fingerprint density at radius 3 is 2.71 bits per heavy atom. The van der Waals surface area contributed by atoms with Crippen LogP contribution >= 0.6 is 0 Å².